The van der Waals surface area contributed by atoms with Gasteiger partial charge in [-0.05, 0) is 28.0 Å². The lowest BCUT2D eigenvalue weighted by molar-refractivity contribution is -0.120. The highest BCUT2D eigenvalue weighted by Gasteiger charge is 2.04. The molecule has 0 aliphatic rings. The Kier molecular flexibility index (Phi) is 3.50. The highest BCUT2D eigenvalue weighted by molar-refractivity contribution is 5.85. The Morgan fingerprint density at radius 1 is 1.00 bits per heavy atom. The summed E-state index contributed by atoms with van der Waals surface area (Å²) in [6.07, 6.45) is 4.15. The molecule has 2 N–H and O–H groups in total. The molecule has 0 aliphatic carbocycles. The first kappa shape index (κ1) is 12.5. The molecule has 0 bridgehead atoms. The number of rotatable bonds is 4. The zero-order valence-corrected chi connectivity index (χ0v) is 11.1. The van der Waals surface area contributed by atoms with Crippen molar-refractivity contribution in [2.45, 2.75) is 13.0 Å². The van der Waals surface area contributed by atoms with Gasteiger partial charge in [-0.1, -0.05) is 42.5 Å². The van der Waals surface area contributed by atoms with Crippen LogP contribution in [0, 0.1) is 0 Å². The lowest BCUT2D eigenvalue weighted by Crippen LogP contribution is -2.24. The van der Waals surface area contributed by atoms with E-state index in [2.05, 4.69) is 34.6 Å². The fourth-order valence-corrected chi connectivity index (χ4v) is 2.27. The van der Waals surface area contributed by atoms with Crippen LogP contribution in [0.1, 0.15) is 11.1 Å². The summed E-state index contributed by atoms with van der Waals surface area (Å²) >= 11 is 0. The number of hydrogen-bond acceptors (Lipinski definition) is 1. The third-order valence-electron chi connectivity index (χ3n) is 3.33. The molecule has 0 atom stereocenters. The van der Waals surface area contributed by atoms with E-state index < -0.39 is 0 Å². The number of benzene rings is 2. The molecule has 0 unspecified atom stereocenters. The van der Waals surface area contributed by atoms with Gasteiger partial charge < -0.3 is 10.3 Å². The zero-order chi connectivity index (χ0) is 13.8. The van der Waals surface area contributed by atoms with Crippen LogP contribution in [0.15, 0.2) is 60.9 Å². The molecule has 20 heavy (non-hydrogen) atoms. The van der Waals surface area contributed by atoms with E-state index in [9.17, 15) is 4.79 Å². The van der Waals surface area contributed by atoms with Gasteiger partial charge in [-0.15, -0.1) is 0 Å². The van der Waals surface area contributed by atoms with Crippen molar-refractivity contribution in [3.8, 4) is 0 Å². The van der Waals surface area contributed by atoms with Crippen LogP contribution in [0.3, 0.4) is 0 Å². The minimum Gasteiger partial charge on any atom is -0.367 e. The van der Waals surface area contributed by atoms with Crippen LogP contribution in [-0.4, -0.2) is 10.9 Å². The number of aromatic amines is 1. The fourth-order valence-electron chi connectivity index (χ4n) is 2.27. The molecule has 0 saturated heterocycles. The van der Waals surface area contributed by atoms with Crippen molar-refractivity contribution in [1.29, 1.82) is 0 Å². The smallest absolute Gasteiger partial charge is 0.224 e. The largest absolute Gasteiger partial charge is 0.367 e. The molecule has 3 aromatic rings. The molecule has 2 aromatic carbocycles. The topological polar surface area (TPSA) is 44.9 Å². The Morgan fingerprint density at radius 2 is 1.85 bits per heavy atom. The van der Waals surface area contributed by atoms with Crippen molar-refractivity contribution in [3.63, 3.8) is 0 Å². The molecule has 3 rings (SSSR count). The molecule has 0 fully saturated rings. The second-order valence-electron chi connectivity index (χ2n) is 4.85. The van der Waals surface area contributed by atoms with E-state index in [0.717, 1.165) is 11.1 Å². The summed E-state index contributed by atoms with van der Waals surface area (Å²) in [5, 5.41) is 5.29. The van der Waals surface area contributed by atoms with Gasteiger partial charge in [-0.25, -0.2) is 0 Å². The standard InChI is InChI=1S/C17H16N2O/c20-17(19-12-14-7-8-18-11-14)10-13-5-6-15-3-1-2-4-16(15)9-13/h1-9,11,18H,10,12H2,(H,19,20). The summed E-state index contributed by atoms with van der Waals surface area (Å²) in [6.45, 7) is 0.565. The van der Waals surface area contributed by atoms with E-state index >= 15 is 0 Å². The molecule has 1 amide bonds. The normalized spacial score (nSPS) is 10.6. The van der Waals surface area contributed by atoms with Crippen molar-refractivity contribution in [2.24, 2.45) is 0 Å². The fraction of sp³-hybridized carbons (Fsp3) is 0.118. The highest BCUT2D eigenvalue weighted by Crippen LogP contribution is 2.15. The SMILES string of the molecule is O=C(Cc1ccc2ccccc2c1)NCc1cc[nH]c1. The number of H-pyrrole nitrogens is 1. The average molecular weight is 264 g/mol. The number of fused-ring (bicyclic) bond motifs is 1. The number of amides is 1. The van der Waals surface area contributed by atoms with Crippen LogP contribution in [0.4, 0.5) is 0 Å². The van der Waals surface area contributed by atoms with Crippen LogP contribution in [0.25, 0.3) is 10.8 Å². The average Bonchev–Trinajstić information content (AvgIpc) is 2.98. The first-order valence-corrected chi connectivity index (χ1v) is 6.67. The molecule has 3 heteroatoms. The van der Waals surface area contributed by atoms with Gasteiger partial charge in [-0.3, -0.25) is 4.79 Å². The van der Waals surface area contributed by atoms with Crippen LogP contribution in [-0.2, 0) is 17.8 Å². The lowest BCUT2D eigenvalue weighted by atomic mass is 10.0. The molecule has 1 heterocycles. The monoisotopic (exact) mass is 264 g/mol. The molecule has 3 nitrogen and oxygen atoms in total. The second-order valence-corrected chi connectivity index (χ2v) is 4.85. The van der Waals surface area contributed by atoms with Crippen molar-refractivity contribution in [3.05, 3.63) is 72.1 Å². The molecular weight excluding hydrogens is 248 g/mol. The van der Waals surface area contributed by atoms with E-state index in [1.54, 1.807) is 0 Å². The maximum atomic E-state index is 11.9. The van der Waals surface area contributed by atoms with Crippen LogP contribution in [0.5, 0.6) is 0 Å². The van der Waals surface area contributed by atoms with E-state index in [1.165, 1.54) is 10.8 Å². The van der Waals surface area contributed by atoms with Crippen molar-refractivity contribution in [2.75, 3.05) is 0 Å². The predicted octanol–water partition coefficient (Wildman–Crippen LogP) is 3.03. The summed E-state index contributed by atoms with van der Waals surface area (Å²) in [6, 6.07) is 16.3. The summed E-state index contributed by atoms with van der Waals surface area (Å²) in [4.78, 5) is 14.9. The van der Waals surface area contributed by atoms with Gasteiger partial charge in [0.1, 0.15) is 0 Å². The first-order valence-electron chi connectivity index (χ1n) is 6.67. The van der Waals surface area contributed by atoms with Crippen LogP contribution >= 0.6 is 0 Å². The summed E-state index contributed by atoms with van der Waals surface area (Å²) in [5.74, 6) is 0.0430. The number of hydrogen-bond donors (Lipinski definition) is 2. The summed E-state index contributed by atoms with van der Waals surface area (Å²) in [5.41, 5.74) is 2.12. The van der Waals surface area contributed by atoms with Gasteiger partial charge >= 0.3 is 0 Å². The number of carbonyl (C=O) groups excluding carboxylic acids is 1. The molecule has 0 aliphatic heterocycles. The number of nitrogens with one attached hydrogen (secondary N) is 2. The van der Waals surface area contributed by atoms with Gasteiger partial charge in [-0.2, -0.15) is 0 Å². The summed E-state index contributed by atoms with van der Waals surface area (Å²) in [7, 11) is 0. The Labute approximate surface area is 117 Å². The number of carbonyl (C=O) groups is 1. The second kappa shape index (κ2) is 5.61. The summed E-state index contributed by atoms with van der Waals surface area (Å²) < 4.78 is 0. The van der Waals surface area contributed by atoms with Crippen molar-refractivity contribution < 1.29 is 4.79 Å². The van der Waals surface area contributed by atoms with Gasteiger partial charge in [0.25, 0.3) is 0 Å². The molecule has 0 radical (unpaired) electrons. The van der Waals surface area contributed by atoms with Gasteiger partial charge in [0.05, 0.1) is 6.42 Å². The third kappa shape index (κ3) is 2.88. The number of aromatic nitrogens is 1. The molecule has 100 valence electrons. The minimum atomic E-state index is 0.0430. The Bertz CT molecular complexity index is 717. The first-order chi connectivity index (χ1) is 9.81. The quantitative estimate of drug-likeness (QED) is 0.747. The van der Waals surface area contributed by atoms with Crippen molar-refractivity contribution >= 4 is 16.7 Å². The Balaban J connectivity index is 1.65. The maximum absolute atomic E-state index is 11.9. The van der Waals surface area contributed by atoms with Gasteiger partial charge in [0.2, 0.25) is 5.91 Å². The van der Waals surface area contributed by atoms with Crippen LogP contribution in [0.2, 0.25) is 0 Å². The molecule has 0 saturated carbocycles. The molecule has 1 aromatic heterocycles. The van der Waals surface area contributed by atoms with E-state index in [0.29, 0.717) is 13.0 Å². The highest BCUT2D eigenvalue weighted by atomic mass is 16.1. The van der Waals surface area contributed by atoms with Gasteiger partial charge in [0.15, 0.2) is 0 Å². The van der Waals surface area contributed by atoms with Gasteiger partial charge in [0, 0.05) is 18.9 Å². The Hall–Kier alpha value is -2.55. The molecule has 0 spiro atoms. The lowest BCUT2D eigenvalue weighted by Gasteiger charge is -2.05. The van der Waals surface area contributed by atoms with E-state index in [-0.39, 0.29) is 5.91 Å². The minimum absolute atomic E-state index is 0.0430. The predicted molar refractivity (Wildman–Crippen MR) is 80.3 cm³/mol. The maximum Gasteiger partial charge on any atom is 0.224 e. The third-order valence-corrected chi connectivity index (χ3v) is 3.33. The Morgan fingerprint density at radius 3 is 2.65 bits per heavy atom. The van der Waals surface area contributed by atoms with E-state index in [4.69, 9.17) is 0 Å². The van der Waals surface area contributed by atoms with Crippen molar-refractivity contribution in [1.82, 2.24) is 10.3 Å². The van der Waals surface area contributed by atoms with Crippen LogP contribution < -0.4 is 5.32 Å². The zero-order valence-electron chi connectivity index (χ0n) is 11.1. The molecular formula is C17H16N2O. The van der Waals surface area contributed by atoms with E-state index in [1.807, 2.05) is 36.7 Å².